The van der Waals surface area contributed by atoms with Crippen LogP contribution in [0.3, 0.4) is 0 Å². The second-order valence-electron chi connectivity index (χ2n) is 3.26. The van der Waals surface area contributed by atoms with Crippen LogP contribution < -0.4 is 5.73 Å². The Bertz CT molecular complexity index is 468. The van der Waals surface area contributed by atoms with Crippen LogP contribution in [0.15, 0.2) is 18.2 Å². The highest BCUT2D eigenvalue weighted by atomic mass is 19.4. The van der Waals surface area contributed by atoms with Gasteiger partial charge in [0, 0.05) is 5.56 Å². The Morgan fingerprint density at radius 3 is 2.35 bits per heavy atom. The predicted octanol–water partition coefficient (Wildman–Crippen LogP) is 1.95. The molecule has 0 bridgehead atoms. The summed E-state index contributed by atoms with van der Waals surface area (Å²) in [5, 5.41) is 8.38. The van der Waals surface area contributed by atoms with E-state index in [0.29, 0.717) is 0 Å². The molecule has 0 aliphatic rings. The number of hydrogen-bond acceptors (Lipinski definition) is 3. The predicted molar refractivity (Wildman–Crippen MR) is 52.4 cm³/mol. The number of ketones is 1. The van der Waals surface area contributed by atoms with Gasteiger partial charge in [-0.05, 0) is 12.1 Å². The highest BCUT2D eigenvalue weighted by Gasteiger charge is 2.34. The zero-order valence-corrected chi connectivity index (χ0v) is 8.41. The van der Waals surface area contributed by atoms with E-state index in [2.05, 4.69) is 0 Å². The second-order valence-corrected chi connectivity index (χ2v) is 3.26. The number of rotatable bonds is 3. The molecule has 0 aliphatic heterocycles. The van der Waals surface area contributed by atoms with Crippen LogP contribution in [-0.2, 0) is 11.0 Å². The van der Waals surface area contributed by atoms with Crippen LogP contribution >= 0.6 is 0 Å². The zero-order valence-electron chi connectivity index (χ0n) is 8.41. The molecule has 17 heavy (non-hydrogen) atoms. The van der Waals surface area contributed by atoms with Gasteiger partial charge in [0.2, 0.25) is 0 Å². The number of para-hydroxylation sites is 1. The van der Waals surface area contributed by atoms with Gasteiger partial charge in [0.25, 0.3) is 0 Å². The third-order valence-electron chi connectivity index (χ3n) is 2.02. The molecule has 0 aromatic heterocycles. The summed E-state index contributed by atoms with van der Waals surface area (Å²) in [4.78, 5) is 21.6. The monoisotopic (exact) mass is 247 g/mol. The van der Waals surface area contributed by atoms with Gasteiger partial charge in [-0.25, -0.2) is 0 Å². The van der Waals surface area contributed by atoms with Gasteiger partial charge in [-0.3, -0.25) is 9.59 Å². The molecule has 92 valence electrons. The second kappa shape index (κ2) is 4.44. The fraction of sp³-hybridized carbons (Fsp3) is 0.200. The number of nitrogen functional groups attached to an aromatic ring is 1. The Morgan fingerprint density at radius 1 is 1.29 bits per heavy atom. The Labute approximate surface area is 93.8 Å². The molecule has 1 aromatic carbocycles. The van der Waals surface area contributed by atoms with Crippen molar-refractivity contribution in [2.75, 3.05) is 5.73 Å². The van der Waals surface area contributed by atoms with Crippen molar-refractivity contribution in [1.82, 2.24) is 0 Å². The van der Waals surface area contributed by atoms with Gasteiger partial charge in [0.05, 0.1) is 11.3 Å². The lowest BCUT2D eigenvalue weighted by atomic mass is 10.0. The van der Waals surface area contributed by atoms with Gasteiger partial charge < -0.3 is 10.8 Å². The Balaban J connectivity index is 3.20. The maximum atomic E-state index is 12.4. The van der Waals surface area contributed by atoms with E-state index in [-0.39, 0.29) is 0 Å². The van der Waals surface area contributed by atoms with Crippen LogP contribution in [0.25, 0.3) is 0 Å². The summed E-state index contributed by atoms with van der Waals surface area (Å²) in [7, 11) is 0. The number of aliphatic carboxylic acids is 1. The summed E-state index contributed by atoms with van der Waals surface area (Å²) in [5.41, 5.74) is 2.89. The molecule has 0 aliphatic carbocycles. The summed E-state index contributed by atoms with van der Waals surface area (Å²) in [6.07, 6.45) is -5.57. The lowest BCUT2D eigenvalue weighted by molar-refractivity contribution is -0.137. The van der Waals surface area contributed by atoms with E-state index in [0.717, 1.165) is 18.2 Å². The van der Waals surface area contributed by atoms with Crippen molar-refractivity contribution in [3.8, 4) is 0 Å². The number of carbonyl (C=O) groups excluding carboxylic acids is 1. The minimum Gasteiger partial charge on any atom is -0.481 e. The van der Waals surface area contributed by atoms with Crippen molar-refractivity contribution in [2.45, 2.75) is 12.6 Å². The quantitative estimate of drug-likeness (QED) is 0.486. The highest BCUT2D eigenvalue weighted by molar-refractivity contribution is 6.08. The number of carboxylic acids is 1. The number of benzene rings is 1. The third kappa shape index (κ3) is 2.96. The maximum Gasteiger partial charge on any atom is 0.418 e. The topological polar surface area (TPSA) is 80.4 Å². The molecule has 0 radical (unpaired) electrons. The van der Waals surface area contributed by atoms with Crippen LogP contribution in [0.5, 0.6) is 0 Å². The first-order valence-corrected chi connectivity index (χ1v) is 4.44. The van der Waals surface area contributed by atoms with Gasteiger partial charge >= 0.3 is 12.1 Å². The molecule has 0 fully saturated rings. The van der Waals surface area contributed by atoms with Crippen LogP contribution in [0, 0.1) is 0 Å². The van der Waals surface area contributed by atoms with E-state index in [4.69, 9.17) is 10.8 Å². The average Bonchev–Trinajstić information content (AvgIpc) is 2.14. The molecular formula is C10H8F3NO3. The number of halogens is 3. The molecule has 0 saturated heterocycles. The lowest BCUT2D eigenvalue weighted by Crippen LogP contribution is -2.14. The normalized spacial score (nSPS) is 11.2. The molecule has 0 unspecified atom stereocenters. The molecule has 1 aromatic rings. The Morgan fingerprint density at radius 2 is 1.88 bits per heavy atom. The standard InChI is InChI=1S/C10H8F3NO3/c11-10(12,13)6-3-1-2-5(9(6)14)7(15)4-8(16)17/h1-3H,4,14H2,(H,16,17). The molecule has 0 saturated carbocycles. The molecule has 1 rings (SSSR count). The molecule has 7 heteroatoms. The third-order valence-corrected chi connectivity index (χ3v) is 2.02. The molecular weight excluding hydrogens is 239 g/mol. The summed E-state index contributed by atoms with van der Waals surface area (Å²) in [6.45, 7) is 0. The number of alkyl halides is 3. The fourth-order valence-corrected chi connectivity index (χ4v) is 1.29. The van der Waals surface area contributed by atoms with Crippen LogP contribution in [0.1, 0.15) is 22.3 Å². The van der Waals surface area contributed by atoms with E-state index >= 15 is 0 Å². The van der Waals surface area contributed by atoms with Crippen LogP contribution in [0.2, 0.25) is 0 Å². The summed E-state index contributed by atoms with van der Waals surface area (Å²) in [6, 6.07) is 2.80. The van der Waals surface area contributed by atoms with Crippen molar-refractivity contribution in [1.29, 1.82) is 0 Å². The van der Waals surface area contributed by atoms with Gasteiger partial charge in [-0.15, -0.1) is 0 Å². The van der Waals surface area contributed by atoms with E-state index in [1.165, 1.54) is 0 Å². The molecule has 4 nitrogen and oxygen atoms in total. The summed E-state index contributed by atoms with van der Waals surface area (Å²) in [5.74, 6) is -2.38. The summed E-state index contributed by atoms with van der Waals surface area (Å²) >= 11 is 0. The molecule has 0 heterocycles. The van der Waals surface area contributed by atoms with Crippen molar-refractivity contribution in [3.63, 3.8) is 0 Å². The zero-order chi connectivity index (χ0) is 13.2. The number of nitrogens with two attached hydrogens (primary N) is 1. The van der Waals surface area contributed by atoms with Crippen LogP contribution in [0.4, 0.5) is 18.9 Å². The maximum absolute atomic E-state index is 12.4. The first kappa shape index (κ1) is 13.0. The van der Waals surface area contributed by atoms with E-state index in [9.17, 15) is 22.8 Å². The van der Waals surface area contributed by atoms with E-state index in [1.807, 2.05) is 0 Å². The van der Waals surface area contributed by atoms with Crippen molar-refractivity contribution >= 4 is 17.4 Å². The average molecular weight is 247 g/mol. The minimum absolute atomic E-state index is 0.428. The van der Waals surface area contributed by atoms with Gasteiger partial charge in [-0.2, -0.15) is 13.2 Å². The number of anilines is 1. The van der Waals surface area contributed by atoms with Crippen molar-refractivity contribution < 1.29 is 27.9 Å². The summed E-state index contributed by atoms with van der Waals surface area (Å²) < 4.78 is 37.3. The first-order chi connectivity index (χ1) is 7.73. The first-order valence-electron chi connectivity index (χ1n) is 4.44. The molecule has 0 amide bonds. The van der Waals surface area contributed by atoms with Crippen LogP contribution in [-0.4, -0.2) is 16.9 Å². The van der Waals surface area contributed by atoms with Gasteiger partial charge in [0.1, 0.15) is 6.42 Å². The van der Waals surface area contributed by atoms with Crippen molar-refractivity contribution in [2.24, 2.45) is 0 Å². The van der Waals surface area contributed by atoms with E-state index in [1.54, 1.807) is 0 Å². The lowest BCUT2D eigenvalue weighted by Gasteiger charge is -2.12. The number of carboxylic acid groups (broad SMARTS) is 1. The number of carbonyl (C=O) groups is 2. The van der Waals surface area contributed by atoms with Gasteiger partial charge in [-0.1, -0.05) is 6.07 Å². The number of Topliss-reactive ketones (excluding diaryl/α,β-unsaturated/α-hetero) is 1. The number of hydrogen-bond donors (Lipinski definition) is 2. The smallest absolute Gasteiger partial charge is 0.418 e. The van der Waals surface area contributed by atoms with E-state index < -0.39 is 41.2 Å². The SMILES string of the molecule is Nc1c(C(=O)CC(=O)O)cccc1C(F)(F)F. The molecule has 3 N–H and O–H groups in total. The molecule has 0 spiro atoms. The van der Waals surface area contributed by atoms with Crippen molar-refractivity contribution in [3.05, 3.63) is 29.3 Å². The fourth-order valence-electron chi connectivity index (χ4n) is 1.29. The Kier molecular flexibility index (Phi) is 3.40. The highest BCUT2D eigenvalue weighted by Crippen LogP contribution is 2.35. The minimum atomic E-state index is -4.68. The van der Waals surface area contributed by atoms with Gasteiger partial charge in [0.15, 0.2) is 5.78 Å². The Hall–Kier alpha value is -2.05. The largest absolute Gasteiger partial charge is 0.481 e. The molecule has 0 atom stereocenters.